The van der Waals surface area contributed by atoms with E-state index in [9.17, 15) is 101 Å². The summed E-state index contributed by atoms with van der Waals surface area (Å²) in [6.45, 7) is 11.2. The van der Waals surface area contributed by atoms with Gasteiger partial charge in [0.05, 0.1) is 79.3 Å². The molecule has 14 nitrogen and oxygen atoms in total. The second-order valence-electron chi connectivity index (χ2n) is 24.9. The topological polar surface area (TPSA) is 108 Å². The van der Waals surface area contributed by atoms with E-state index in [0.29, 0.717) is 106 Å². The van der Waals surface area contributed by atoms with E-state index in [1.807, 2.05) is 72.8 Å². The number of aromatic nitrogens is 4. The van der Waals surface area contributed by atoms with Gasteiger partial charge in [-0.05, 0) is 92.3 Å². The third kappa shape index (κ3) is 47.3. The average Bonchev–Trinajstić information content (AvgIpc) is 0.796. The second kappa shape index (κ2) is 35.5. The van der Waals surface area contributed by atoms with Crippen LogP contribution >= 0.6 is 31.2 Å². The molecule has 0 spiro atoms. The SMILES string of the molecule is F[P-](F)(F)(F)(F)F.F[P-](F)(F)(F)(F)F.F[P-](F)(F)(F)(F)F.F[P-](F)(F)(F)(F)F.c1cc2cc3ccc2cc1OCCOCCOCCOCCOc1ccc2cc(ccc2c1)OCCOCCOCCOCCO3.c1cc2ccc1C[n+]1ccc(cc1)-c1cc[n+](cc1)Cc1ccc(cc1)C[n+]1ccc(cc1)-c1cc[n+](cc1)C2. The van der Waals surface area contributed by atoms with Crippen LogP contribution in [0.2, 0.25) is 0 Å². The van der Waals surface area contributed by atoms with Crippen molar-refractivity contribution in [2.45, 2.75) is 26.2 Å². The minimum atomic E-state index is -10.7. The third-order valence-corrected chi connectivity index (χ3v) is 14.8. The molecule has 114 heavy (non-hydrogen) atoms. The molecular weight excluding hydrogens is 1660 g/mol. The Hall–Kier alpha value is -8.56. The molecular formula is C72H76F24N4O10P4. The zero-order valence-corrected chi connectivity index (χ0v) is 63.2. The molecule has 28 heterocycles. The standard InChI is InChI=1S/C36H32N4.C36H44O10.4F6P/c1-2-30-4-3-29(1)25-37-17-9-33(10-18-37)35-13-21-39(22-14-35)27-31-5-7-32(8-6-31)28-40-23-15-36(16-24-40)34-11-19-38(26-30)20-12-34;1-5-33-26-30-2-6-34(25-29(1)30)44-22-18-40-14-10-38-12-16-42-20-24-46-36-8-4-31-27-35(7-3-32(31)28-36)45-23-19-41-15-11-37-9-13-39-17-21-43-33;4*1-7(2,3,4,5)6/h1-24H,25-28H2;1-8,25-28H,9-24H2;;;;/q+4;;4*-1. The maximum Gasteiger partial charge on any atom is 0.173 e. The fourth-order valence-corrected chi connectivity index (χ4v) is 10.1. The van der Waals surface area contributed by atoms with Gasteiger partial charge in [0.15, 0.2) is 75.8 Å². The first-order valence-electron chi connectivity index (χ1n) is 33.8. The van der Waals surface area contributed by atoms with Crippen LogP contribution in [0.5, 0.6) is 23.0 Å². The van der Waals surface area contributed by atoms with E-state index in [0.717, 1.165) is 70.7 Å². The Morgan fingerprint density at radius 3 is 0.474 bits per heavy atom. The van der Waals surface area contributed by atoms with E-state index < -0.39 is 31.2 Å². The first kappa shape index (κ1) is 92.6. The van der Waals surface area contributed by atoms with Crippen LogP contribution in [0.15, 0.2) is 219 Å². The number of nitrogens with zero attached hydrogens (tertiary/aromatic N) is 4. The maximum atomic E-state index is 9.87. The van der Waals surface area contributed by atoms with Gasteiger partial charge in [-0.3, -0.25) is 0 Å². The molecule has 0 radical (unpaired) electrons. The second-order valence-corrected chi connectivity index (χ2v) is 32.6. The van der Waals surface area contributed by atoms with Crippen molar-refractivity contribution in [2.24, 2.45) is 0 Å². The number of halogens is 24. The molecule has 6 aromatic carbocycles. The van der Waals surface area contributed by atoms with E-state index in [1.54, 1.807) is 0 Å². The van der Waals surface area contributed by atoms with Crippen LogP contribution in [-0.4, -0.2) is 106 Å². The van der Waals surface area contributed by atoms with Crippen LogP contribution in [0.25, 0.3) is 43.8 Å². The van der Waals surface area contributed by atoms with Crippen molar-refractivity contribution >= 4 is 52.8 Å². The van der Waals surface area contributed by atoms with Gasteiger partial charge in [0, 0.05) is 70.8 Å². The Kier molecular flexibility index (Phi) is 28.8. The van der Waals surface area contributed by atoms with Crippen LogP contribution in [0, 0.1) is 0 Å². The van der Waals surface area contributed by atoms with Crippen molar-refractivity contribution in [3.05, 3.63) is 242 Å². The number of benzene rings is 6. The maximum absolute atomic E-state index is 10.7. The molecule has 10 aromatic rings. The number of hydrogen-bond acceptors (Lipinski definition) is 10. The summed E-state index contributed by atoms with van der Waals surface area (Å²) in [7, 11) is -42.6. The average molecular weight is 1740 g/mol. The van der Waals surface area contributed by atoms with Crippen molar-refractivity contribution in [3.63, 3.8) is 0 Å². The molecule has 0 amide bonds. The van der Waals surface area contributed by atoms with Gasteiger partial charge >= 0.3 is 132 Å². The smallest absolute Gasteiger partial charge is 0.173 e. The van der Waals surface area contributed by atoms with Gasteiger partial charge in [-0.1, -0.05) is 72.8 Å². The van der Waals surface area contributed by atoms with Crippen molar-refractivity contribution in [2.75, 3.05) is 106 Å². The Morgan fingerprint density at radius 2 is 0.325 bits per heavy atom. The predicted molar refractivity (Wildman–Crippen MR) is 383 cm³/mol. The van der Waals surface area contributed by atoms with Crippen LogP contribution in [-0.2, 0) is 54.6 Å². The Morgan fingerprint density at radius 1 is 0.184 bits per heavy atom. The Balaban J connectivity index is 0.000000237. The predicted octanol–water partition coefficient (Wildman–Crippen LogP) is 23.5. The van der Waals surface area contributed by atoms with Crippen LogP contribution in [0.1, 0.15) is 22.3 Å². The number of ether oxygens (including phenoxy) is 10. The Bertz CT molecular complexity index is 4080. The largest absolute Gasteiger partial charge is 0.491 e. The first-order chi connectivity index (χ1) is 52.4. The molecule has 0 aliphatic carbocycles. The molecule has 0 unspecified atom stereocenters. The van der Waals surface area contributed by atoms with E-state index >= 15 is 0 Å². The molecule has 0 saturated carbocycles. The normalized spacial score (nSPS) is 17.4. The van der Waals surface area contributed by atoms with Gasteiger partial charge in [0.1, 0.15) is 49.4 Å². The van der Waals surface area contributed by atoms with Gasteiger partial charge in [0.25, 0.3) is 0 Å². The van der Waals surface area contributed by atoms with Crippen molar-refractivity contribution < 1.29 is 166 Å². The summed E-state index contributed by atoms with van der Waals surface area (Å²) in [5.41, 5.74) is 10.1. The molecule has 0 atom stereocenters. The molecule has 24 aliphatic rings. The number of pyridine rings is 4. The minimum Gasteiger partial charge on any atom is -0.491 e. The van der Waals surface area contributed by atoms with Gasteiger partial charge in [-0.15, -0.1) is 0 Å². The molecule has 0 fully saturated rings. The summed E-state index contributed by atoms with van der Waals surface area (Å²) in [6.07, 6.45) is 17.4. The van der Waals surface area contributed by atoms with Gasteiger partial charge in [-0.25, -0.2) is 18.3 Å². The summed E-state index contributed by atoms with van der Waals surface area (Å²) < 4.78 is 303. The molecule has 4 aromatic heterocycles. The van der Waals surface area contributed by atoms with Gasteiger partial charge < -0.3 is 47.4 Å². The summed E-state index contributed by atoms with van der Waals surface area (Å²) in [6, 6.07) is 59.5. The molecule has 34 rings (SSSR count). The van der Waals surface area contributed by atoms with Crippen LogP contribution < -0.4 is 37.2 Å². The fraction of sp³-hybridized carbons (Fsp3) is 0.278. The quantitative estimate of drug-likeness (QED) is 0.0827. The first-order valence-corrected chi connectivity index (χ1v) is 41.9. The summed E-state index contributed by atoms with van der Waals surface area (Å²) in [5.74, 6) is 3.19. The van der Waals surface area contributed by atoms with Crippen LogP contribution in [0.4, 0.5) is 101 Å². The molecule has 24 aliphatic heterocycles. The zero-order valence-electron chi connectivity index (χ0n) is 59.7. The molecule has 632 valence electrons. The van der Waals surface area contributed by atoms with Gasteiger partial charge in [-0.2, -0.15) is 0 Å². The molecule has 0 N–H and O–H groups in total. The van der Waals surface area contributed by atoms with E-state index in [4.69, 9.17) is 47.4 Å². The minimum absolute atomic E-state index is 0.460. The summed E-state index contributed by atoms with van der Waals surface area (Å²) >= 11 is 0. The Labute approximate surface area is 635 Å². The number of hydrogen-bond donors (Lipinski definition) is 0. The zero-order chi connectivity index (χ0) is 83.8. The van der Waals surface area contributed by atoms with E-state index in [1.165, 1.54) is 44.5 Å². The monoisotopic (exact) mass is 1740 g/mol. The van der Waals surface area contributed by atoms with Crippen molar-refractivity contribution in [3.8, 4) is 45.3 Å². The van der Waals surface area contributed by atoms with E-state index in [-0.39, 0.29) is 0 Å². The molecule has 20 bridgehead atoms. The summed E-state index contributed by atoms with van der Waals surface area (Å²) in [5, 5.41) is 4.31. The van der Waals surface area contributed by atoms with Crippen LogP contribution in [0.3, 0.4) is 0 Å². The fourth-order valence-electron chi connectivity index (χ4n) is 10.1. The van der Waals surface area contributed by atoms with Gasteiger partial charge in [0.2, 0.25) is 0 Å². The van der Waals surface area contributed by atoms with Crippen molar-refractivity contribution in [1.29, 1.82) is 0 Å². The molecule has 0 saturated heterocycles. The summed E-state index contributed by atoms with van der Waals surface area (Å²) in [4.78, 5) is 0. The number of rotatable bonds is 0. The third-order valence-electron chi connectivity index (χ3n) is 14.8. The van der Waals surface area contributed by atoms with E-state index in [2.05, 4.69) is 165 Å². The molecule has 42 heteroatoms. The van der Waals surface area contributed by atoms with Crippen molar-refractivity contribution in [1.82, 2.24) is 0 Å².